The van der Waals surface area contributed by atoms with E-state index < -0.39 is 17.9 Å². The highest BCUT2D eigenvalue weighted by Crippen LogP contribution is 2.33. The van der Waals surface area contributed by atoms with Gasteiger partial charge in [0.25, 0.3) is 0 Å². The predicted octanol–water partition coefficient (Wildman–Crippen LogP) is 1.22. The number of benzene rings is 1. The van der Waals surface area contributed by atoms with E-state index in [2.05, 4.69) is 0 Å². The minimum Gasteiger partial charge on any atom is -0.481 e. The Kier molecular flexibility index (Phi) is 3.89. The summed E-state index contributed by atoms with van der Waals surface area (Å²) in [5.74, 6) is -1.96. The van der Waals surface area contributed by atoms with Crippen LogP contribution in [0.5, 0.6) is 11.5 Å². The first-order chi connectivity index (χ1) is 9.11. The van der Waals surface area contributed by atoms with Gasteiger partial charge in [-0.05, 0) is 31.0 Å². The van der Waals surface area contributed by atoms with Crippen LogP contribution in [-0.4, -0.2) is 30.4 Å². The highest BCUT2D eigenvalue weighted by atomic mass is 16.7. The minimum absolute atomic E-state index is 0.0603. The van der Waals surface area contributed by atoms with Gasteiger partial charge in [-0.25, -0.2) is 0 Å². The lowest BCUT2D eigenvalue weighted by Crippen LogP contribution is -2.27. The topological polar surface area (TPSA) is 82.1 Å². The molecule has 6 nitrogen and oxygen atoms in total. The maximum atomic E-state index is 11.6. The maximum Gasteiger partial charge on any atom is 0.320 e. The van der Waals surface area contributed by atoms with Crippen LogP contribution >= 0.6 is 0 Å². The van der Waals surface area contributed by atoms with Gasteiger partial charge in [-0.2, -0.15) is 0 Å². The number of fused-ring (bicyclic) bond motifs is 1. The molecule has 19 heavy (non-hydrogen) atoms. The van der Waals surface area contributed by atoms with Crippen LogP contribution in [0, 0.1) is 5.92 Å². The average molecular weight is 266 g/mol. The Morgan fingerprint density at radius 3 is 2.79 bits per heavy atom. The van der Waals surface area contributed by atoms with Crippen molar-refractivity contribution >= 4 is 11.9 Å². The fourth-order valence-electron chi connectivity index (χ4n) is 1.82. The van der Waals surface area contributed by atoms with E-state index in [9.17, 15) is 9.59 Å². The first-order valence-corrected chi connectivity index (χ1v) is 5.89. The molecule has 1 heterocycles. The third-order valence-corrected chi connectivity index (χ3v) is 2.75. The van der Waals surface area contributed by atoms with Gasteiger partial charge >= 0.3 is 11.9 Å². The monoisotopic (exact) mass is 266 g/mol. The number of carbonyl (C=O) groups is 2. The first-order valence-electron chi connectivity index (χ1n) is 5.89. The number of rotatable bonds is 5. The summed E-state index contributed by atoms with van der Waals surface area (Å²) in [4.78, 5) is 22.7. The zero-order valence-electron chi connectivity index (χ0n) is 10.4. The van der Waals surface area contributed by atoms with Crippen molar-refractivity contribution < 1.29 is 28.9 Å². The standard InChI is InChI=1S/C13H14O6/c1-2-17-13(16)9(12(14)15)5-8-3-4-10-11(6-8)19-7-18-10/h3-4,6,9H,2,5,7H2,1H3,(H,14,15). The molecule has 0 amide bonds. The molecule has 0 saturated heterocycles. The average Bonchev–Trinajstić information content (AvgIpc) is 2.83. The lowest BCUT2D eigenvalue weighted by Gasteiger charge is -2.11. The molecule has 0 bridgehead atoms. The van der Waals surface area contributed by atoms with Crippen LogP contribution in [0.3, 0.4) is 0 Å². The van der Waals surface area contributed by atoms with Crippen LogP contribution in [0.15, 0.2) is 18.2 Å². The molecule has 1 atom stereocenters. The molecule has 0 aliphatic carbocycles. The summed E-state index contributed by atoms with van der Waals surface area (Å²) in [5, 5.41) is 9.07. The number of carboxylic acid groups (broad SMARTS) is 1. The van der Waals surface area contributed by atoms with Gasteiger partial charge < -0.3 is 19.3 Å². The molecule has 102 valence electrons. The highest BCUT2D eigenvalue weighted by Gasteiger charge is 2.28. The Balaban J connectivity index is 2.13. The first kappa shape index (κ1) is 13.2. The zero-order valence-corrected chi connectivity index (χ0v) is 10.4. The fourth-order valence-corrected chi connectivity index (χ4v) is 1.82. The van der Waals surface area contributed by atoms with E-state index in [0.717, 1.165) is 0 Å². The Hall–Kier alpha value is -2.24. The summed E-state index contributed by atoms with van der Waals surface area (Å²) in [5.41, 5.74) is 0.685. The lowest BCUT2D eigenvalue weighted by molar-refractivity contribution is -0.158. The third kappa shape index (κ3) is 2.96. The molecule has 0 fully saturated rings. The summed E-state index contributed by atoms with van der Waals surface area (Å²) in [7, 11) is 0. The SMILES string of the molecule is CCOC(=O)C(Cc1ccc2c(c1)OCO2)C(=O)O. The molecular weight excluding hydrogens is 252 g/mol. The second-order valence-electron chi connectivity index (χ2n) is 4.03. The van der Waals surface area contributed by atoms with Gasteiger partial charge in [0, 0.05) is 0 Å². The molecule has 1 N–H and O–H groups in total. The van der Waals surface area contributed by atoms with Crippen LogP contribution in [0.25, 0.3) is 0 Å². The van der Waals surface area contributed by atoms with E-state index in [-0.39, 0.29) is 19.8 Å². The highest BCUT2D eigenvalue weighted by molar-refractivity contribution is 5.94. The van der Waals surface area contributed by atoms with Crippen LogP contribution in [0.4, 0.5) is 0 Å². The number of aliphatic carboxylic acids is 1. The molecule has 0 radical (unpaired) electrons. The van der Waals surface area contributed by atoms with Gasteiger partial charge in [0.1, 0.15) is 0 Å². The molecule has 1 aromatic rings. The number of ether oxygens (including phenoxy) is 3. The van der Waals surface area contributed by atoms with Crippen molar-refractivity contribution in [3.8, 4) is 11.5 Å². The van der Waals surface area contributed by atoms with Crippen molar-refractivity contribution in [1.82, 2.24) is 0 Å². The molecule has 0 aromatic heterocycles. The van der Waals surface area contributed by atoms with E-state index in [1.807, 2.05) is 0 Å². The number of esters is 1. The van der Waals surface area contributed by atoms with Crippen LogP contribution in [0.1, 0.15) is 12.5 Å². The van der Waals surface area contributed by atoms with Crippen LogP contribution in [-0.2, 0) is 20.7 Å². The molecule has 1 aromatic carbocycles. The number of carboxylic acids is 1. The van der Waals surface area contributed by atoms with Gasteiger partial charge in [-0.1, -0.05) is 6.07 Å². The van der Waals surface area contributed by atoms with Gasteiger partial charge in [-0.15, -0.1) is 0 Å². The summed E-state index contributed by atoms with van der Waals surface area (Å²) in [6.07, 6.45) is 0.0603. The molecule has 0 spiro atoms. The Morgan fingerprint density at radius 2 is 2.11 bits per heavy atom. The Labute approximate surface area is 109 Å². The summed E-state index contributed by atoms with van der Waals surface area (Å²) < 4.78 is 15.1. The third-order valence-electron chi connectivity index (χ3n) is 2.75. The Morgan fingerprint density at radius 1 is 1.37 bits per heavy atom. The van der Waals surface area contributed by atoms with E-state index >= 15 is 0 Å². The van der Waals surface area contributed by atoms with Gasteiger partial charge in [0.2, 0.25) is 6.79 Å². The molecular formula is C13H14O6. The lowest BCUT2D eigenvalue weighted by atomic mass is 9.99. The van der Waals surface area contributed by atoms with Crippen molar-refractivity contribution in [1.29, 1.82) is 0 Å². The number of hydrogen-bond acceptors (Lipinski definition) is 5. The van der Waals surface area contributed by atoms with Gasteiger partial charge in [-0.3, -0.25) is 9.59 Å². The second kappa shape index (κ2) is 5.60. The summed E-state index contributed by atoms with van der Waals surface area (Å²) >= 11 is 0. The van der Waals surface area contributed by atoms with E-state index in [0.29, 0.717) is 17.1 Å². The van der Waals surface area contributed by atoms with Crippen molar-refractivity contribution in [3.63, 3.8) is 0 Å². The molecule has 1 unspecified atom stereocenters. The fraction of sp³-hybridized carbons (Fsp3) is 0.385. The van der Waals surface area contributed by atoms with Crippen LogP contribution < -0.4 is 9.47 Å². The van der Waals surface area contributed by atoms with Crippen LogP contribution in [0.2, 0.25) is 0 Å². The van der Waals surface area contributed by atoms with Crippen molar-refractivity contribution in [2.45, 2.75) is 13.3 Å². The normalized spacial score (nSPS) is 13.9. The zero-order chi connectivity index (χ0) is 13.8. The van der Waals surface area contributed by atoms with Crippen molar-refractivity contribution in [3.05, 3.63) is 23.8 Å². The molecule has 2 rings (SSSR count). The molecule has 6 heteroatoms. The van der Waals surface area contributed by atoms with E-state index in [1.54, 1.807) is 25.1 Å². The van der Waals surface area contributed by atoms with Crippen molar-refractivity contribution in [2.24, 2.45) is 5.92 Å². The van der Waals surface area contributed by atoms with E-state index in [4.69, 9.17) is 19.3 Å². The quantitative estimate of drug-likeness (QED) is 0.637. The maximum absolute atomic E-state index is 11.6. The number of carbonyl (C=O) groups excluding carboxylic acids is 1. The summed E-state index contributed by atoms with van der Waals surface area (Å²) in [6, 6.07) is 5.09. The van der Waals surface area contributed by atoms with Gasteiger partial charge in [0.15, 0.2) is 17.4 Å². The van der Waals surface area contributed by atoms with Crippen molar-refractivity contribution in [2.75, 3.05) is 13.4 Å². The second-order valence-corrected chi connectivity index (χ2v) is 4.03. The Bertz CT molecular complexity index is 496. The number of hydrogen-bond donors (Lipinski definition) is 1. The predicted molar refractivity (Wildman–Crippen MR) is 64.0 cm³/mol. The van der Waals surface area contributed by atoms with E-state index in [1.165, 1.54) is 0 Å². The van der Waals surface area contributed by atoms with Gasteiger partial charge in [0.05, 0.1) is 6.61 Å². The summed E-state index contributed by atoms with van der Waals surface area (Å²) in [6.45, 7) is 1.94. The smallest absolute Gasteiger partial charge is 0.320 e. The molecule has 1 aliphatic rings. The largest absolute Gasteiger partial charge is 0.481 e. The molecule has 1 aliphatic heterocycles. The minimum atomic E-state index is -1.21. The molecule has 0 saturated carbocycles.